The molecule has 0 spiro atoms. The fourth-order valence-electron chi connectivity index (χ4n) is 2.62. The van der Waals surface area contributed by atoms with E-state index in [2.05, 4.69) is 39.4 Å². The Morgan fingerprint density at radius 3 is 2.64 bits per heavy atom. The lowest BCUT2D eigenvalue weighted by Gasteiger charge is -2.30. The number of hydrogen-bond donors (Lipinski definition) is 1. The molecule has 1 aromatic carbocycles. The molecule has 4 nitrogen and oxygen atoms in total. The molecule has 0 aromatic heterocycles. The summed E-state index contributed by atoms with van der Waals surface area (Å²) in [6.07, 6.45) is 3.45. The lowest BCUT2D eigenvalue weighted by atomic mass is 9.99. The van der Waals surface area contributed by atoms with Crippen LogP contribution < -0.4 is 5.32 Å². The number of piperidine rings is 1. The van der Waals surface area contributed by atoms with Gasteiger partial charge in [-0.2, -0.15) is 5.26 Å². The third-order valence-electron chi connectivity index (χ3n) is 4.11. The van der Waals surface area contributed by atoms with Crippen LogP contribution in [0.25, 0.3) is 0 Å². The van der Waals surface area contributed by atoms with Crippen molar-refractivity contribution in [3.63, 3.8) is 0 Å². The summed E-state index contributed by atoms with van der Waals surface area (Å²) in [5.41, 5.74) is 1.28. The number of amides is 2. The zero-order chi connectivity index (χ0) is 15.9. The predicted octanol–water partition coefficient (Wildman–Crippen LogP) is 3.72. The third kappa shape index (κ3) is 5.03. The van der Waals surface area contributed by atoms with Crippen molar-refractivity contribution in [2.75, 3.05) is 13.1 Å². The van der Waals surface area contributed by atoms with E-state index in [1.54, 1.807) is 0 Å². The second-order valence-corrected chi connectivity index (χ2v) is 6.82. The molecule has 2 amide bonds. The summed E-state index contributed by atoms with van der Waals surface area (Å²) in [7, 11) is 0. The lowest BCUT2D eigenvalue weighted by molar-refractivity contribution is 0.175. The lowest BCUT2D eigenvalue weighted by Crippen LogP contribution is -2.47. The number of likely N-dealkylation sites (tertiary alicyclic amines) is 1. The molecule has 2 rings (SSSR count). The first kappa shape index (κ1) is 16.8. The summed E-state index contributed by atoms with van der Waals surface area (Å²) >= 11 is 3.43. The number of nitriles is 1. The van der Waals surface area contributed by atoms with Crippen LogP contribution in [-0.2, 0) is 6.42 Å². The maximum absolute atomic E-state index is 12.2. The van der Waals surface area contributed by atoms with E-state index < -0.39 is 0 Å². The smallest absolute Gasteiger partial charge is 0.317 e. The molecule has 0 saturated carbocycles. The van der Waals surface area contributed by atoms with Crippen LogP contribution in [0.15, 0.2) is 28.7 Å². The number of halogens is 1. The molecule has 1 heterocycles. The number of carbonyl (C=O) groups is 1. The molecule has 1 aromatic rings. The first-order chi connectivity index (χ1) is 10.6. The molecular weight excluding hydrogens is 342 g/mol. The average molecular weight is 364 g/mol. The Hall–Kier alpha value is -1.54. The summed E-state index contributed by atoms with van der Waals surface area (Å²) < 4.78 is 1.08. The second kappa shape index (κ2) is 8.19. The third-order valence-corrected chi connectivity index (χ3v) is 4.64. The number of hydrogen-bond acceptors (Lipinski definition) is 2. The van der Waals surface area contributed by atoms with Crippen LogP contribution >= 0.6 is 15.9 Å². The van der Waals surface area contributed by atoms with Crippen molar-refractivity contribution in [2.24, 2.45) is 5.92 Å². The van der Waals surface area contributed by atoms with E-state index in [9.17, 15) is 4.79 Å². The van der Waals surface area contributed by atoms with E-state index in [0.29, 0.717) is 13.1 Å². The Balaban J connectivity index is 1.72. The molecule has 1 N–H and O–H groups in total. The van der Waals surface area contributed by atoms with Crippen molar-refractivity contribution in [3.8, 4) is 6.07 Å². The zero-order valence-corrected chi connectivity index (χ0v) is 14.5. The fourth-order valence-corrected chi connectivity index (χ4v) is 2.88. The number of rotatable bonds is 4. The summed E-state index contributed by atoms with van der Waals surface area (Å²) in [4.78, 5) is 14.0. The molecule has 0 unspecified atom stereocenters. The summed E-state index contributed by atoms with van der Waals surface area (Å²) in [5.74, 6) is 0.110. The molecule has 0 bridgehead atoms. The molecular formula is C17H22BrN3O. The number of aryl methyl sites for hydroxylation is 1. The maximum atomic E-state index is 12.2. The molecule has 0 aliphatic carbocycles. The van der Waals surface area contributed by atoms with Gasteiger partial charge in [-0.3, -0.25) is 0 Å². The van der Waals surface area contributed by atoms with Gasteiger partial charge in [0.1, 0.15) is 0 Å². The van der Waals surface area contributed by atoms with E-state index in [0.717, 1.165) is 30.2 Å². The highest BCUT2D eigenvalue weighted by Gasteiger charge is 2.23. The van der Waals surface area contributed by atoms with Crippen LogP contribution in [0.5, 0.6) is 0 Å². The maximum Gasteiger partial charge on any atom is 0.317 e. The van der Waals surface area contributed by atoms with Gasteiger partial charge in [0.05, 0.1) is 6.07 Å². The van der Waals surface area contributed by atoms with Crippen molar-refractivity contribution in [3.05, 3.63) is 34.3 Å². The fraction of sp³-hybridized carbons (Fsp3) is 0.529. The monoisotopic (exact) mass is 363 g/mol. The van der Waals surface area contributed by atoms with E-state index in [-0.39, 0.29) is 18.0 Å². The standard InChI is InChI=1S/C17H22BrN3O/c1-13(2-3-14-4-6-16(18)7-5-14)20-17(22)21-10-8-15(12-19)9-11-21/h4-7,13,15H,2-3,8-11H2,1H3,(H,20,22)/t13-/m0/s1. The van der Waals surface area contributed by atoms with Crippen LogP contribution in [0.2, 0.25) is 0 Å². The summed E-state index contributed by atoms with van der Waals surface area (Å²) in [6.45, 7) is 3.41. The van der Waals surface area contributed by atoms with Crippen LogP contribution in [0.4, 0.5) is 4.79 Å². The first-order valence-corrected chi connectivity index (χ1v) is 8.57. The van der Waals surface area contributed by atoms with E-state index in [1.807, 2.05) is 24.0 Å². The summed E-state index contributed by atoms with van der Waals surface area (Å²) in [6, 6.07) is 10.7. The molecule has 5 heteroatoms. The largest absolute Gasteiger partial charge is 0.336 e. The van der Waals surface area contributed by atoms with Crippen LogP contribution in [0.1, 0.15) is 31.7 Å². The molecule has 22 heavy (non-hydrogen) atoms. The van der Waals surface area contributed by atoms with Crippen molar-refractivity contribution in [2.45, 2.75) is 38.6 Å². The Morgan fingerprint density at radius 2 is 2.05 bits per heavy atom. The molecule has 1 fully saturated rings. The van der Waals surface area contributed by atoms with Gasteiger partial charge in [-0.15, -0.1) is 0 Å². The van der Waals surface area contributed by atoms with Gasteiger partial charge in [-0.05, 0) is 50.3 Å². The van der Waals surface area contributed by atoms with Crippen molar-refractivity contribution in [1.82, 2.24) is 10.2 Å². The van der Waals surface area contributed by atoms with Gasteiger partial charge in [0, 0.05) is 29.5 Å². The van der Waals surface area contributed by atoms with E-state index in [1.165, 1.54) is 5.56 Å². The van der Waals surface area contributed by atoms with Gasteiger partial charge >= 0.3 is 6.03 Å². The number of benzene rings is 1. The highest BCUT2D eigenvalue weighted by molar-refractivity contribution is 9.10. The molecule has 1 aliphatic heterocycles. The van der Waals surface area contributed by atoms with Crippen LogP contribution in [0.3, 0.4) is 0 Å². The molecule has 1 atom stereocenters. The Morgan fingerprint density at radius 1 is 1.41 bits per heavy atom. The topological polar surface area (TPSA) is 56.1 Å². The second-order valence-electron chi connectivity index (χ2n) is 5.91. The van der Waals surface area contributed by atoms with Gasteiger partial charge in [0.2, 0.25) is 0 Å². The quantitative estimate of drug-likeness (QED) is 0.885. The van der Waals surface area contributed by atoms with E-state index >= 15 is 0 Å². The average Bonchev–Trinajstić information content (AvgIpc) is 2.54. The van der Waals surface area contributed by atoms with Crippen molar-refractivity contribution < 1.29 is 4.79 Å². The molecule has 1 aliphatic rings. The van der Waals surface area contributed by atoms with Gasteiger partial charge in [-0.25, -0.2) is 4.79 Å². The van der Waals surface area contributed by atoms with Crippen LogP contribution in [0, 0.1) is 17.2 Å². The highest BCUT2D eigenvalue weighted by Crippen LogP contribution is 2.16. The minimum Gasteiger partial charge on any atom is -0.336 e. The first-order valence-electron chi connectivity index (χ1n) is 7.78. The zero-order valence-electron chi connectivity index (χ0n) is 12.9. The van der Waals surface area contributed by atoms with Crippen molar-refractivity contribution >= 4 is 22.0 Å². The number of nitrogens with zero attached hydrogens (tertiary/aromatic N) is 2. The van der Waals surface area contributed by atoms with Gasteiger partial charge in [-0.1, -0.05) is 28.1 Å². The Bertz CT molecular complexity index is 530. The van der Waals surface area contributed by atoms with Crippen molar-refractivity contribution in [1.29, 1.82) is 5.26 Å². The Kier molecular flexibility index (Phi) is 6.26. The van der Waals surface area contributed by atoms with Crippen LogP contribution in [-0.4, -0.2) is 30.1 Å². The normalized spacial score (nSPS) is 16.9. The number of carbonyl (C=O) groups excluding carboxylic acids is 1. The predicted molar refractivity (Wildman–Crippen MR) is 90.4 cm³/mol. The number of nitrogens with one attached hydrogen (secondary N) is 1. The van der Waals surface area contributed by atoms with Gasteiger partial charge in [0.25, 0.3) is 0 Å². The minimum atomic E-state index is -0.000282. The number of urea groups is 1. The van der Waals surface area contributed by atoms with Gasteiger partial charge < -0.3 is 10.2 Å². The molecule has 118 valence electrons. The Labute approximate surface area is 140 Å². The SMILES string of the molecule is C[C@@H](CCc1ccc(Br)cc1)NC(=O)N1CCC(C#N)CC1. The van der Waals surface area contributed by atoms with E-state index in [4.69, 9.17) is 5.26 Å². The minimum absolute atomic E-state index is 0.000282. The molecule has 0 radical (unpaired) electrons. The summed E-state index contributed by atoms with van der Waals surface area (Å²) in [5, 5.41) is 11.9. The van der Waals surface area contributed by atoms with Gasteiger partial charge in [0.15, 0.2) is 0 Å². The molecule has 1 saturated heterocycles. The highest BCUT2D eigenvalue weighted by atomic mass is 79.9.